The van der Waals surface area contributed by atoms with Gasteiger partial charge in [0, 0.05) is 27.9 Å². The molecule has 0 bridgehead atoms. The highest BCUT2D eigenvalue weighted by Crippen LogP contribution is 2.33. The molecule has 0 saturated heterocycles. The van der Waals surface area contributed by atoms with Crippen LogP contribution in [0.1, 0.15) is 10.5 Å². The molecule has 2 aromatic heterocycles. The summed E-state index contributed by atoms with van der Waals surface area (Å²) in [6.45, 7) is -2.94. The number of ether oxygens (including phenoxy) is 2. The second-order valence-electron chi connectivity index (χ2n) is 6.00. The van der Waals surface area contributed by atoms with E-state index in [9.17, 15) is 13.6 Å². The molecule has 0 atom stereocenters. The third kappa shape index (κ3) is 4.04. The lowest BCUT2D eigenvalue weighted by atomic mass is 10.1. The number of nitrogens with one attached hydrogen (secondary N) is 2. The van der Waals surface area contributed by atoms with Gasteiger partial charge in [-0.25, -0.2) is 4.98 Å². The van der Waals surface area contributed by atoms with Crippen LogP contribution in [-0.4, -0.2) is 29.6 Å². The van der Waals surface area contributed by atoms with Crippen molar-refractivity contribution < 1.29 is 23.0 Å². The number of thiazole rings is 1. The van der Waals surface area contributed by atoms with Gasteiger partial charge in [-0.1, -0.05) is 12.1 Å². The molecule has 1 amide bonds. The maximum Gasteiger partial charge on any atom is 0.387 e. The van der Waals surface area contributed by atoms with E-state index in [-0.39, 0.29) is 11.7 Å². The number of anilines is 1. The van der Waals surface area contributed by atoms with Gasteiger partial charge in [0.2, 0.25) is 0 Å². The number of fused-ring (bicyclic) bond motifs is 1. The zero-order valence-corrected chi connectivity index (χ0v) is 15.9. The number of H-pyrrole nitrogens is 1. The highest BCUT2D eigenvalue weighted by Gasteiger charge is 2.16. The number of rotatable bonds is 6. The van der Waals surface area contributed by atoms with Crippen molar-refractivity contribution in [3.8, 4) is 22.8 Å². The maximum atomic E-state index is 12.6. The van der Waals surface area contributed by atoms with Crippen molar-refractivity contribution in [1.82, 2.24) is 9.97 Å². The molecule has 0 aliphatic rings. The molecular formula is C20H15F2N3O3S. The summed E-state index contributed by atoms with van der Waals surface area (Å²) < 4.78 is 34.9. The third-order valence-corrected chi connectivity index (χ3v) is 4.94. The molecule has 2 N–H and O–H groups in total. The lowest BCUT2D eigenvalue weighted by molar-refractivity contribution is -0.0494. The normalized spacial score (nSPS) is 11.0. The lowest BCUT2D eigenvalue weighted by Crippen LogP contribution is -2.11. The largest absolute Gasteiger partial charge is 0.497 e. The number of carbonyl (C=O) groups is 1. The van der Waals surface area contributed by atoms with E-state index < -0.39 is 6.61 Å². The van der Waals surface area contributed by atoms with Crippen molar-refractivity contribution in [1.29, 1.82) is 0 Å². The van der Waals surface area contributed by atoms with Gasteiger partial charge in [-0.05, 0) is 30.3 Å². The molecule has 0 aliphatic carbocycles. The number of hydrogen-bond acceptors (Lipinski definition) is 5. The molecule has 2 aromatic carbocycles. The molecule has 0 aliphatic heterocycles. The van der Waals surface area contributed by atoms with Crippen LogP contribution in [0, 0.1) is 0 Å². The summed E-state index contributed by atoms with van der Waals surface area (Å²) in [6, 6.07) is 13.6. The third-order valence-electron chi connectivity index (χ3n) is 4.18. The Bertz CT molecular complexity index is 1170. The quantitative estimate of drug-likeness (QED) is 0.456. The zero-order valence-electron chi connectivity index (χ0n) is 15.1. The minimum absolute atomic E-state index is 0.0234. The Hall–Kier alpha value is -3.46. The molecular weight excluding hydrogens is 400 g/mol. The number of methoxy groups -OCH3 is 1. The number of alkyl halides is 2. The molecule has 148 valence electrons. The van der Waals surface area contributed by atoms with Gasteiger partial charge in [0.15, 0.2) is 5.13 Å². The number of aromatic amines is 1. The molecule has 29 heavy (non-hydrogen) atoms. The first-order valence-corrected chi connectivity index (χ1v) is 9.39. The van der Waals surface area contributed by atoms with Gasteiger partial charge in [0.05, 0.1) is 12.8 Å². The summed E-state index contributed by atoms with van der Waals surface area (Å²) in [5, 5.41) is 5.59. The van der Waals surface area contributed by atoms with Crippen LogP contribution in [0.2, 0.25) is 0 Å². The number of para-hydroxylation sites is 1. The van der Waals surface area contributed by atoms with Crippen LogP contribution in [0.3, 0.4) is 0 Å². The predicted molar refractivity (Wildman–Crippen MR) is 107 cm³/mol. The van der Waals surface area contributed by atoms with Gasteiger partial charge in [-0.2, -0.15) is 8.78 Å². The SMILES string of the molecule is COc1ccc2cc(C(=O)Nc3nc(-c4ccccc4OC(F)F)cs3)[nH]c2c1. The summed E-state index contributed by atoms with van der Waals surface area (Å²) >= 11 is 1.19. The Kier molecular flexibility index (Phi) is 5.13. The molecule has 0 saturated carbocycles. The molecule has 0 unspecified atom stereocenters. The highest BCUT2D eigenvalue weighted by atomic mass is 32.1. The molecule has 0 radical (unpaired) electrons. The van der Waals surface area contributed by atoms with Gasteiger partial charge in [0.1, 0.15) is 17.2 Å². The van der Waals surface area contributed by atoms with Crippen LogP contribution in [0.15, 0.2) is 53.9 Å². The van der Waals surface area contributed by atoms with Gasteiger partial charge >= 0.3 is 6.61 Å². The Balaban J connectivity index is 1.54. The van der Waals surface area contributed by atoms with Crippen molar-refractivity contribution in [2.45, 2.75) is 6.61 Å². The van der Waals surface area contributed by atoms with Gasteiger partial charge in [0.25, 0.3) is 5.91 Å². The Morgan fingerprint density at radius 3 is 2.83 bits per heavy atom. The van der Waals surface area contributed by atoms with Crippen LogP contribution in [0.4, 0.5) is 13.9 Å². The van der Waals surface area contributed by atoms with Crippen molar-refractivity contribution >= 4 is 33.3 Å². The molecule has 0 spiro atoms. The first-order valence-electron chi connectivity index (χ1n) is 8.51. The summed E-state index contributed by atoms with van der Waals surface area (Å²) in [6.07, 6.45) is 0. The summed E-state index contributed by atoms with van der Waals surface area (Å²) in [5.41, 5.74) is 1.99. The number of carbonyl (C=O) groups excluding carboxylic acids is 1. The van der Waals surface area contributed by atoms with Crippen LogP contribution < -0.4 is 14.8 Å². The van der Waals surface area contributed by atoms with Crippen LogP contribution in [0.5, 0.6) is 11.5 Å². The molecule has 0 fully saturated rings. The van der Waals surface area contributed by atoms with Crippen molar-refractivity contribution in [2.75, 3.05) is 12.4 Å². The van der Waals surface area contributed by atoms with Crippen LogP contribution in [-0.2, 0) is 0 Å². The van der Waals surface area contributed by atoms with E-state index >= 15 is 0 Å². The van der Waals surface area contributed by atoms with Crippen molar-refractivity contribution in [3.05, 3.63) is 59.6 Å². The van der Waals surface area contributed by atoms with Crippen LogP contribution >= 0.6 is 11.3 Å². The number of hydrogen-bond donors (Lipinski definition) is 2. The average molecular weight is 415 g/mol. The fourth-order valence-electron chi connectivity index (χ4n) is 2.85. The zero-order chi connectivity index (χ0) is 20.4. The van der Waals surface area contributed by atoms with E-state index in [4.69, 9.17) is 4.74 Å². The summed E-state index contributed by atoms with van der Waals surface area (Å²) in [5.74, 6) is 0.342. The van der Waals surface area contributed by atoms with Gasteiger partial charge in [-0.3, -0.25) is 10.1 Å². The minimum Gasteiger partial charge on any atom is -0.497 e. The molecule has 9 heteroatoms. The molecule has 6 nitrogen and oxygen atoms in total. The first kappa shape index (κ1) is 18.9. The molecule has 2 heterocycles. The monoisotopic (exact) mass is 415 g/mol. The second-order valence-corrected chi connectivity index (χ2v) is 6.86. The van der Waals surface area contributed by atoms with E-state index in [1.807, 2.05) is 12.1 Å². The van der Waals surface area contributed by atoms with E-state index in [1.54, 1.807) is 42.8 Å². The smallest absolute Gasteiger partial charge is 0.387 e. The fraction of sp³-hybridized carbons (Fsp3) is 0.100. The number of benzene rings is 2. The fourth-order valence-corrected chi connectivity index (χ4v) is 3.56. The first-order chi connectivity index (χ1) is 14.0. The number of nitrogens with zero attached hydrogens (tertiary/aromatic N) is 1. The Morgan fingerprint density at radius 2 is 2.03 bits per heavy atom. The van der Waals surface area contributed by atoms with Crippen molar-refractivity contribution in [2.24, 2.45) is 0 Å². The Morgan fingerprint density at radius 1 is 1.21 bits per heavy atom. The van der Waals surface area contributed by atoms with Crippen molar-refractivity contribution in [3.63, 3.8) is 0 Å². The minimum atomic E-state index is -2.94. The standard InChI is InChI=1S/C20H15F2N3O3S/c1-27-12-7-6-11-8-15(23-14(11)9-12)18(26)25-20-24-16(10-29-20)13-4-2-3-5-17(13)28-19(21)22/h2-10,19,23H,1H3,(H,24,25,26). The van der Waals surface area contributed by atoms with E-state index in [2.05, 4.69) is 20.0 Å². The predicted octanol–water partition coefficient (Wildman–Crippen LogP) is 5.15. The topological polar surface area (TPSA) is 76.2 Å². The molecule has 4 aromatic rings. The van der Waals surface area contributed by atoms with Gasteiger partial charge in [-0.15, -0.1) is 11.3 Å². The van der Waals surface area contributed by atoms with Gasteiger partial charge < -0.3 is 14.5 Å². The number of amides is 1. The summed E-state index contributed by atoms with van der Waals surface area (Å²) in [7, 11) is 1.57. The molecule has 4 rings (SSSR count). The Labute approximate surface area is 168 Å². The lowest BCUT2D eigenvalue weighted by Gasteiger charge is -2.08. The summed E-state index contributed by atoms with van der Waals surface area (Å²) in [4.78, 5) is 19.9. The van der Waals surface area contributed by atoms with E-state index in [0.29, 0.717) is 27.8 Å². The second kappa shape index (κ2) is 7.88. The maximum absolute atomic E-state index is 12.6. The number of aromatic nitrogens is 2. The average Bonchev–Trinajstić information content (AvgIpc) is 3.34. The van der Waals surface area contributed by atoms with Crippen LogP contribution in [0.25, 0.3) is 22.2 Å². The van der Waals surface area contributed by atoms with E-state index in [1.165, 1.54) is 17.4 Å². The highest BCUT2D eigenvalue weighted by molar-refractivity contribution is 7.14. The van der Waals surface area contributed by atoms with E-state index in [0.717, 1.165) is 10.9 Å². The number of halogens is 2.